The van der Waals surface area contributed by atoms with Crippen LogP contribution in [-0.4, -0.2) is 43.0 Å². The highest BCUT2D eigenvalue weighted by molar-refractivity contribution is 6.02. The summed E-state index contributed by atoms with van der Waals surface area (Å²) in [5.41, 5.74) is 2.84. The maximum atomic E-state index is 12.6. The maximum absolute atomic E-state index is 12.6. The molecule has 0 saturated carbocycles. The van der Waals surface area contributed by atoms with Crippen LogP contribution in [0.2, 0.25) is 0 Å². The summed E-state index contributed by atoms with van der Waals surface area (Å²) in [6.45, 7) is 4.91. The molecular formula is C19H22N4O2. The van der Waals surface area contributed by atoms with E-state index in [1.807, 2.05) is 48.2 Å². The smallest absolute Gasteiger partial charge is 0.323 e. The Morgan fingerprint density at radius 2 is 1.72 bits per heavy atom. The molecule has 2 aromatic carbocycles. The number of hydrogen-bond donors (Lipinski definition) is 3. The first-order chi connectivity index (χ1) is 12.1. The second-order valence-electron chi connectivity index (χ2n) is 6.02. The fourth-order valence-electron chi connectivity index (χ4n) is 2.75. The average Bonchev–Trinajstić information content (AvgIpc) is 2.64. The van der Waals surface area contributed by atoms with Gasteiger partial charge in [-0.05, 0) is 36.8 Å². The fraction of sp³-hybridized carbons (Fsp3) is 0.263. The minimum absolute atomic E-state index is 0.00647. The normalized spacial score (nSPS) is 14.0. The zero-order valence-electron chi connectivity index (χ0n) is 14.2. The van der Waals surface area contributed by atoms with Crippen molar-refractivity contribution in [3.05, 3.63) is 59.7 Å². The lowest BCUT2D eigenvalue weighted by atomic mass is 10.1. The molecule has 0 aromatic heterocycles. The zero-order valence-corrected chi connectivity index (χ0v) is 14.2. The predicted molar refractivity (Wildman–Crippen MR) is 99.0 cm³/mol. The molecule has 2 aromatic rings. The second-order valence-corrected chi connectivity index (χ2v) is 6.02. The summed E-state index contributed by atoms with van der Waals surface area (Å²) in [5, 5.41) is 8.83. The Labute approximate surface area is 147 Å². The summed E-state index contributed by atoms with van der Waals surface area (Å²) in [5.74, 6) is -0.00647. The summed E-state index contributed by atoms with van der Waals surface area (Å²) < 4.78 is 0. The van der Waals surface area contributed by atoms with Crippen molar-refractivity contribution in [2.24, 2.45) is 0 Å². The molecule has 3 rings (SSSR count). The molecule has 3 N–H and O–H groups in total. The SMILES string of the molecule is Cc1ccc(C(=O)N2CCNCC2)cc1NC(=O)Nc1ccccc1. The third-order valence-electron chi connectivity index (χ3n) is 4.17. The molecule has 0 radical (unpaired) electrons. The molecule has 6 nitrogen and oxygen atoms in total. The number of carbonyl (C=O) groups excluding carboxylic acids is 2. The number of para-hydroxylation sites is 1. The van der Waals surface area contributed by atoms with E-state index in [0.29, 0.717) is 30.0 Å². The summed E-state index contributed by atoms with van der Waals surface area (Å²) in [7, 11) is 0. The first kappa shape index (κ1) is 17.0. The van der Waals surface area contributed by atoms with E-state index in [4.69, 9.17) is 0 Å². The van der Waals surface area contributed by atoms with E-state index in [2.05, 4.69) is 16.0 Å². The Hall–Kier alpha value is -2.86. The van der Waals surface area contributed by atoms with Crippen LogP contribution in [-0.2, 0) is 0 Å². The van der Waals surface area contributed by atoms with Gasteiger partial charge in [0.1, 0.15) is 0 Å². The van der Waals surface area contributed by atoms with Gasteiger partial charge in [0.2, 0.25) is 0 Å². The molecule has 0 atom stereocenters. The van der Waals surface area contributed by atoms with Crippen LogP contribution in [0.5, 0.6) is 0 Å². The maximum Gasteiger partial charge on any atom is 0.323 e. The molecule has 0 bridgehead atoms. The third kappa shape index (κ3) is 4.36. The number of amides is 3. The molecule has 1 aliphatic heterocycles. The van der Waals surface area contributed by atoms with Crippen molar-refractivity contribution in [2.45, 2.75) is 6.92 Å². The van der Waals surface area contributed by atoms with Crippen LogP contribution in [0.15, 0.2) is 48.5 Å². The highest BCUT2D eigenvalue weighted by atomic mass is 16.2. The van der Waals surface area contributed by atoms with Crippen LogP contribution in [0.25, 0.3) is 0 Å². The summed E-state index contributed by atoms with van der Waals surface area (Å²) >= 11 is 0. The minimum atomic E-state index is -0.332. The molecule has 1 saturated heterocycles. The van der Waals surface area contributed by atoms with Crippen molar-refractivity contribution >= 4 is 23.3 Å². The zero-order chi connectivity index (χ0) is 17.6. The van der Waals surface area contributed by atoms with Crippen molar-refractivity contribution in [1.82, 2.24) is 10.2 Å². The van der Waals surface area contributed by atoms with Gasteiger partial charge in [-0.1, -0.05) is 24.3 Å². The number of benzene rings is 2. The van der Waals surface area contributed by atoms with Gasteiger partial charge in [-0.15, -0.1) is 0 Å². The molecule has 0 aliphatic carbocycles. The third-order valence-corrected chi connectivity index (χ3v) is 4.17. The Morgan fingerprint density at radius 1 is 1.00 bits per heavy atom. The summed E-state index contributed by atoms with van der Waals surface area (Å²) in [6, 6.07) is 14.3. The van der Waals surface area contributed by atoms with Gasteiger partial charge < -0.3 is 20.9 Å². The van der Waals surface area contributed by atoms with E-state index in [1.54, 1.807) is 12.1 Å². The Balaban J connectivity index is 1.70. The lowest BCUT2D eigenvalue weighted by molar-refractivity contribution is 0.0736. The van der Waals surface area contributed by atoms with E-state index < -0.39 is 0 Å². The lowest BCUT2D eigenvalue weighted by Gasteiger charge is -2.27. The van der Waals surface area contributed by atoms with Gasteiger partial charge in [-0.25, -0.2) is 4.79 Å². The molecule has 25 heavy (non-hydrogen) atoms. The molecule has 3 amide bonds. The van der Waals surface area contributed by atoms with Gasteiger partial charge in [-0.2, -0.15) is 0 Å². The molecule has 1 fully saturated rings. The van der Waals surface area contributed by atoms with Crippen LogP contribution in [0.3, 0.4) is 0 Å². The van der Waals surface area contributed by atoms with Crippen LogP contribution in [0.4, 0.5) is 16.2 Å². The number of piperazine rings is 1. The number of urea groups is 1. The van der Waals surface area contributed by atoms with Crippen LogP contribution < -0.4 is 16.0 Å². The Morgan fingerprint density at radius 3 is 2.44 bits per heavy atom. The highest BCUT2D eigenvalue weighted by Gasteiger charge is 2.18. The highest BCUT2D eigenvalue weighted by Crippen LogP contribution is 2.19. The molecule has 1 heterocycles. The molecule has 1 aliphatic rings. The van der Waals surface area contributed by atoms with Gasteiger partial charge in [0.25, 0.3) is 5.91 Å². The molecule has 0 spiro atoms. The van der Waals surface area contributed by atoms with Gasteiger partial charge in [0.05, 0.1) is 0 Å². The number of rotatable bonds is 3. The van der Waals surface area contributed by atoms with Crippen LogP contribution in [0, 0.1) is 6.92 Å². The van der Waals surface area contributed by atoms with Crippen molar-refractivity contribution in [2.75, 3.05) is 36.8 Å². The number of aryl methyl sites for hydroxylation is 1. The first-order valence-corrected chi connectivity index (χ1v) is 8.37. The number of anilines is 2. The first-order valence-electron chi connectivity index (χ1n) is 8.37. The lowest BCUT2D eigenvalue weighted by Crippen LogP contribution is -2.46. The molecule has 6 heteroatoms. The van der Waals surface area contributed by atoms with E-state index in [0.717, 1.165) is 18.7 Å². The Kier molecular flexibility index (Phi) is 5.30. The van der Waals surface area contributed by atoms with E-state index in [9.17, 15) is 9.59 Å². The standard InChI is InChI=1S/C19H22N4O2/c1-14-7-8-15(18(24)23-11-9-20-10-12-23)13-17(14)22-19(25)21-16-5-3-2-4-6-16/h2-8,13,20H,9-12H2,1H3,(H2,21,22,25). The summed E-state index contributed by atoms with van der Waals surface area (Å²) in [4.78, 5) is 26.6. The van der Waals surface area contributed by atoms with Crippen molar-refractivity contribution in [3.63, 3.8) is 0 Å². The minimum Gasteiger partial charge on any atom is -0.336 e. The molecule has 130 valence electrons. The van der Waals surface area contributed by atoms with Crippen molar-refractivity contribution in [1.29, 1.82) is 0 Å². The number of carbonyl (C=O) groups is 2. The van der Waals surface area contributed by atoms with Crippen molar-refractivity contribution < 1.29 is 9.59 Å². The topological polar surface area (TPSA) is 73.5 Å². The molecule has 0 unspecified atom stereocenters. The largest absolute Gasteiger partial charge is 0.336 e. The average molecular weight is 338 g/mol. The van der Waals surface area contributed by atoms with Crippen molar-refractivity contribution in [3.8, 4) is 0 Å². The number of nitrogens with zero attached hydrogens (tertiary/aromatic N) is 1. The summed E-state index contributed by atoms with van der Waals surface area (Å²) in [6.07, 6.45) is 0. The van der Waals surface area contributed by atoms with Crippen LogP contribution >= 0.6 is 0 Å². The van der Waals surface area contributed by atoms with Gasteiger partial charge in [-0.3, -0.25) is 4.79 Å². The van der Waals surface area contributed by atoms with E-state index in [1.165, 1.54) is 0 Å². The monoisotopic (exact) mass is 338 g/mol. The Bertz CT molecular complexity index is 755. The quantitative estimate of drug-likeness (QED) is 0.805. The second kappa shape index (κ2) is 7.81. The number of nitrogens with one attached hydrogen (secondary N) is 3. The fourth-order valence-corrected chi connectivity index (χ4v) is 2.75. The van der Waals surface area contributed by atoms with Gasteiger partial charge >= 0.3 is 6.03 Å². The van der Waals surface area contributed by atoms with E-state index >= 15 is 0 Å². The van der Waals surface area contributed by atoms with E-state index in [-0.39, 0.29) is 11.9 Å². The molecular weight excluding hydrogens is 316 g/mol. The number of hydrogen-bond acceptors (Lipinski definition) is 3. The predicted octanol–water partition coefficient (Wildman–Crippen LogP) is 2.68. The van der Waals surface area contributed by atoms with Gasteiger partial charge in [0, 0.05) is 43.1 Å². The van der Waals surface area contributed by atoms with Gasteiger partial charge in [0.15, 0.2) is 0 Å². The van der Waals surface area contributed by atoms with Crippen LogP contribution in [0.1, 0.15) is 15.9 Å².